The van der Waals surface area contributed by atoms with Gasteiger partial charge >= 0.3 is 0 Å². The first-order chi connectivity index (χ1) is 24.7. The van der Waals surface area contributed by atoms with Gasteiger partial charge in [0.05, 0.1) is 38.5 Å². The molecule has 0 aromatic rings. The van der Waals surface area contributed by atoms with E-state index in [4.69, 9.17) is 18.9 Å². The molecular formula is C32H53N5O15. The molecule has 296 valence electrons. The number of unbranched alkanes of at least 4 members (excludes halogenated alkanes) is 1. The number of Topliss-reactive ketones (excluding diaryl/α,β-unsaturated/α-hetero) is 1. The second kappa shape index (κ2) is 20.9. The monoisotopic (exact) mass is 747 g/mol. The second-order valence-electron chi connectivity index (χ2n) is 13.0. The van der Waals surface area contributed by atoms with E-state index in [1.807, 2.05) is 0 Å². The molecule has 3 heterocycles. The van der Waals surface area contributed by atoms with Crippen LogP contribution in [0.1, 0.15) is 52.4 Å². The van der Waals surface area contributed by atoms with Gasteiger partial charge in [0.1, 0.15) is 48.7 Å². The van der Waals surface area contributed by atoms with Gasteiger partial charge in [0.15, 0.2) is 18.4 Å². The average Bonchev–Trinajstić information content (AvgIpc) is 3.57. The summed E-state index contributed by atoms with van der Waals surface area (Å²) in [5.74, 6) is -2.33. The van der Waals surface area contributed by atoms with E-state index < -0.39 is 91.2 Å². The van der Waals surface area contributed by atoms with Gasteiger partial charge in [-0.25, -0.2) is 0 Å². The number of ether oxygens (including phenoxy) is 4. The highest BCUT2D eigenvalue weighted by atomic mass is 16.7. The molecule has 52 heavy (non-hydrogen) atoms. The Hall–Kier alpha value is -3.18. The SMILES string of the molecule is C=NCC(=O)CNC(=O)CCCCC(=O)N1C(C(=O)NCCO[C@@H]2O[C@@H](C)[C@@H](O)[C@@H](O)[C@@H]2O)CCC1C(=O)NCCO[C@@H]1O[C@@H](C)[C@@H](O)[C@@H](O)[C@@H]1O. The lowest BCUT2D eigenvalue weighted by Gasteiger charge is -2.39. The van der Waals surface area contributed by atoms with Crippen molar-refractivity contribution in [3.05, 3.63) is 0 Å². The molecule has 0 saturated carbocycles. The predicted octanol–water partition coefficient (Wildman–Crippen LogP) is -4.79. The molecule has 20 heteroatoms. The van der Waals surface area contributed by atoms with Crippen LogP contribution in [-0.2, 0) is 42.9 Å². The Balaban J connectivity index is 1.54. The van der Waals surface area contributed by atoms with E-state index in [2.05, 4.69) is 27.7 Å². The minimum absolute atomic E-state index is 0.0399. The Kier molecular flexibility index (Phi) is 17.4. The number of aliphatic imine (C=N–C) groups is 1. The van der Waals surface area contributed by atoms with Crippen LogP contribution in [0, 0.1) is 0 Å². The predicted molar refractivity (Wildman–Crippen MR) is 177 cm³/mol. The van der Waals surface area contributed by atoms with Crippen molar-refractivity contribution < 1.29 is 73.6 Å². The van der Waals surface area contributed by atoms with E-state index >= 15 is 0 Å². The molecule has 0 spiro atoms. The third-order valence-electron chi connectivity index (χ3n) is 9.08. The number of hydrogen-bond donors (Lipinski definition) is 9. The van der Waals surface area contributed by atoms with Crippen molar-refractivity contribution in [1.82, 2.24) is 20.9 Å². The van der Waals surface area contributed by atoms with Crippen LogP contribution in [0.2, 0.25) is 0 Å². The lowest BCUT2D eigenvalue weighted by atomic mass is 10.0. The summed E-state index contributed by atoms with van der Waals surface area (Å²) in [6, 6.07) is -2.05. The molecule has 0 bridgehead atoms. The average molecular weight is 748 g/mol. The summed E-state index contributed by atoms with van der Waals surface area (Å²) in [7, 11) is 0. The molecule has 3 aliphatic rings. The maximum absolute atomic E-state index is 13.5. The van der Waals surface area contributed by atoms with Crippen molar-refractivity contribution in [2.45, 2.75) is 126 Å². The van der Waals surface area contributed by atoms with Gasteiger partial charge in [-0.3, -0.25) is 29.0 Å². The maximum atomic E-state index is 13.5. The van der Waals surface area contributed by atoms with Gasteiger partial charge in [-0.05, 0) is 46.2 Å². The Bertz CT molecular complexity index is 1170. The summed E-state index contributed by atoms with van der Waals surface area (Å²) in [5, 5.41) is 67.7. The number of rotatable bonds is 19. The van der Waals surface area contributed by atoms with Crippen LogP contribution in [0.4, 0.5) is 0 Å². The van der Waals surface area contributed by atoms with E-state index in [0.717, 1.165) is 0 Å². The zero-order valence-electron chi connectivity index (χ0n) is 29.4. The highest BCUT2D eigenvalue weighted by Crippen LogP contribution is 2.27. The smallest absolute Gasteiger partial charge is 0.242 e. The number of aliphatic hydroxyl groups is 6. The molecule has 0 aliphatic carbocycles. The molecular weight excluding hydrogens is 694 g/mol. The van der Waals surface area contributed by atoms with Crippen LogP contribution >= 0.6 is 0 Å². The molecule has 0 radical (unpaired) electrons. The molecule has 20 nitrogen and oxygen atoms in total. The standard InChI is InChI=1S/C32H53N5O15/c1-16-23(41)25(43)27(45)31(51-16)49-12-10-34-29(47)19-8-9-20(30(48)35-11-13-50-32-28(46)26(44)24(42)17(2)52-32)37(19)22(40)7-5-4-6-21(39)36-15-18(38)14-33-3/h16-17,19-20,23-28,31-32,41-46H,3-15H2,1-2H3,(H,34,47)(H,35,48)(H,36,39)/t16-,17-,19?,20?,23+,24+,25+,26+,27-,28-,31+,32+/m0/s1. The molecule has 9 N–H and O–H groups in total. The molecule has 12 atom stereocenters. The second-order valence-corrected chi connectivity index (χ2v) is 13.0. The third kappa shape index (κ3) is 11.9. The van der Waals surface area contributed by atoms with Crippen LogP contribution in [-0.4, -0.2) is 185 Å². The molecule has 3 aliphatic heterocycles. The summed E-state index contributed by atoms with van der Waals surface area (Å²) in [5.41, 5.74) is 0. The highest BCUT2D eigenvalue weighted by Gasteiger charge is 2.45. The Labute approximate surface area is 300 Å². The van der Waals surface area contributed by atoms with Crippen molar-refractivity contribution >= 4 is 36.1 Å². The topological polar surface area (TPSA) is 295 Å². The third-order valence-corrected chi connectivity index (χ3v) is 9.08. The quantitative estimate of drug-likeness (QED) is 0.0443. The molecule has 2 unspecified atom stereocenters. The van der Waals surface area contributed by atoms with E-state index in [-0.39, 0.29) is 83.2 Å². The van der Waals surface area contributed by atoms with Crippen molar-refractivity contribution in [3.63, 3.8) is 0 Å². The van der Waals surface area contributed by atoms with Gasteiger partial charge in [0.2, 0.25) is 23.6 Å². The van der Waals surface area contributed by atoms with E-state index in [9.17, 15) is 54.6 Å². The summed E-state index contributed by atoms with van der Waals surface area (Å²) in [6.45, 7) is 5.45. The molecule has 0 aromatic heterocycles. The number of nitrogens with one attached hydrogen (secondary N) is 3. The fourth-order valence-corrected chi connectivity index (χ4v) is 6.07. The minimum atomic E-state index is -1.53. The highest BCUT2D eigenvalue weighted by molar-refractivity contribution is 5.94. The molecule has 3 fully saturated rings. The fraction of sp³-hybridized carbons (Fsp3) is 0.812. The van der Waals surface area contributed by atoms with E-state index in [0.29, 0.717) is 6.42 Å². The lowest BCUT2D eigenvalue weighted by Crippen LogP contribution is -2.57. The Morgan fingerprint density at radius 1 is 0.712 bits per heavy atom. The normalized spacial score (nSPS) is 33.3. The zero-order valence-corrected chi connectivity index (χ0v) is 29.4. The molecule has 4 amide bonds. The summed E-state index contributed by atoms with van der Waals surface area (Å²) < 4.78 is 21.7. The summed E-state index contributed by atoms with van der Waals surface area (Å²) >= 11 is 0. The maximum Gasteiger partial charge on any atom is 0.242 e. The van der Waals surface area contributed by atoms with Crippen molar-refractivity contribution in [3.8, 4) is 0 Å². The first-order valence-electron chi connectivity index (χ1n) is 17.4. The first-order valence-corrected chi connectivity index (χ1v) is 17.4. The Morgan fingerprint density at radius 2 is 1.17 bits per heavy atom. The number of nitrogens with zero attached hydrogens (tertiary/aromatic N) is 2. The number of carbonyl (C=O) groups excluding carboxylic acids is 5. The van der Waals surface area contributed by atoms with Crippen LogP contribution < -0.4 is 16.0 Å². The fourth-order valence-electron chi connectivity index (χ4n) is 6.07. The lowest BCUT2D eigenvalue weighted by molar-refractivity contribution is -0.292. The van der Waals surface area contributed by atoms with Crippen LogP contribution in [0.15, 0.2) is 4.99 Å². The van der Waals surface area contributed by atoms with Crippen LogP contribution in [0.5, 0.6) is 0 Å². The molecule has 3 rings (SSSR count). The van der Waals surface area contributed by atoms with E-state index in [1.165, 1.54) is 18.7 Å². The molecule has 0 aromatic carbocycles. The van der Waals surface area contributed by atoms with Gasteiger partial charge in [0, 0.05) is 25.9 Å². The minimum Gasteiger partial charge on any atom is -0.388 e. The summed E-state index contributed by atoms with van der Waals surface area (Å²) in [6.07, 6.45) is -12.0. The number of hydrogen-bond acceptors (Lipinski definition) is 16. The molecule has 3 saturated heterocycles. The first kappa shape index (κ1) is 43.2. The number of aliphatic hydroxyl groups excluding tert-OH is 6. The summed E-state index contributed by atoms with van der Waals surface area (Å²) in [4.78, 5) is 68.4. The van der Waals surface area contributed by atoms with Gasteiger partial charge in [0.25, 0.3) is 0 Å². The van der Waals surface area contributed by atoms with Crippen molar-refractivity contribution in [1.29, 1.82) is 0 Å². The van der Waals surface area contributed by atoms with Crippen LogP contribution in [0.3, 0.4) is 0 Å². The van der Waals surface area contributed by atoms with Gasteiger partial charge in [-0.15, -0.1) is 0 Å². The number of likely N-dealkylation sites (tertiary alicyclic amines) is 1. The Morgan fingerprint density at radius 3 is 1.63 bits per heavy atom. The van der Waals surface area contributed by atoms with Gasteiger partial charge < -0.3 is 70.4 Å². The van der Waals surface area contributed by atoms with Crippen LogP contribution in [0.25, 0.3) is 0 Å². The zero-order chi connectivity index (χ0) is 38.5. The number of carbonyl (C=O) groups is 5. The number of ketones is 1. The van der Waals surface area contributed by atoms with E-state index in [1.54, 1.807) is 0 Å². The van der Waals surface area contributed by atoms with Crippen molar-refractivity contribution in [2.24, 2.45) is 4.99 Å². The van der Waals surface area contributed by atoms with Gasteiger partial charge in [-0.1, -0.05) is 0 Å². The van der Waals surface area contributed by atoms with Crippen molar-refractivity contribution in [2.75, 3.05) is 39.4 Å². The van der Waals surface area contributed by atoms with Gasteiger partial charge in [-0.2, -0.15) is 0 Å². The number of amides is 4. The largest absolute Gasteiger partial charge is 0.388 e.